The summed E-state index contributed by atoms with van der Waals surface area (Å²) in [7, 11) is 3.17. The second-order valence-electron chi connectivity index (χ2n) is 6.39. The smallest absolute Gasteiger partial charge is 0.350 e. The Labute approximate surface area is 172 Å². The molecule has 0 bridgehead atoms. The van der Waals surface area contributed by atoms with E-state index in [0.717, 1.165) is 16.9 Å². The van der Waals surface area contributed by atoms with Crippen LogP contribution in [0.25, 0.3) is 0 Å². The number of hydrogen-bond acceptors (Lipinski definition) is 9. The number of benzene rings is 1. The summed E-state index contributed by atoms with van der Waals surface area (Å²) in [4.78, 5) is 29.2. The number of methoxy groups -OCH3 is 2. The number of aromatic nitrogens is 1. The fourth-order valence-corrected chi connectivity index (χ4v) is 3.91. The quantitative estimate of drug-likeness (QED) is 0.585. The maximum absolute atomic E-state index is 12.6. The second-order valence-corrected chi connectivity index (χ2v) is 7.39. The summed E-state index contributed by atoms with van der Waals surface area (Å²) in [5.74, 6) is 0.610. The number of carbonyl (C=O) groups excluding carboxylic acids is 2. The summed E-state index contributed by atoms with van der Waals surface area (Å²) in [6.07, 6.45) is 0.538. The normalized spacial score (nSPS) is 18.3. The predicted molar refractivity (Wildman–Crippen MR) is 108 cm³/mol. The molecule has 0 spiro atoms. The molecule has 2 heterocycles. The van der Waals surface area contributed by atoms with E-state index in [2.05, 4.69) is 21.2 Å². The molecule has 1 saturated heterocycles. The van der Waals surface area contributed by atoms with E-state index in [1.54, 1.807) is 28.1 Å². The number of hydrazine groups is 1. The molecule has 2 unspecified atom stereocenters. The fraction of sp³-hybridized carbons (Fsp3) is 0.421. The molecule has 1 amide bonds. The molecule has 1 aromatic heterocycles. The highest BCUT2D eigenvalue weighted by Gasteiger charge is 2.31. The lowest BCUT2D eigenvalue weighted by Crippen LogP contribution is -2.39. The Balaban J connectivity index is 1.64. The van der Waals surface area contributed by atoms with E-state index >= 15 is 0 Å². The molecule has 1 aliphatic heterocycles. The molecule has 10 heteroatoms. The summed E-state index contributed by atoms with van der Waals surface area (Å²) in [5, 5.41) is 3.14. The van der Waals surface area contributed by atoms with Crippen LogP contribution in [0.4, 0.5) is 5.13 Å². The Morgan fingerprint density at radius 2 is 2.00 bits per heavy atom. The largest absolute Gasteiger partial charge is 0.493 e. The lowest BCUT2D eigenvalue weighted by atomic mass is 10.0. The Morgan fingerprint density at radius 3 is 2.69 bits per heavy atom. The summed E-state index contributed by atoms with van der Waals surface area (Å²) < 4.78 is 15.6. The minimum absolute atomic E-state index is 0.0707. The highest BCUT2D eigenvalue weighted by molar-refractivity contribution is 7.17. The van der Waals surface area contributed by atoms with Crippen molar-refractivity contribution in [1.82, 2.24) is 15.8 Å². The molecule has 2 aromatic rings. The Morgan fingerprint density at radius 1 is 1.24 bits per heavy atom. The van der Waals surface area contributed by atoms with E-state index in [1.165, 1.54) is 0 Å². The van der Waals surface area contributed by atoms with Crippen LogP contribution in [0.15, 0.2) is 18.2 Å². The van der Waals surface area contributed by atoms with Crippen molar-refractivity contribution in [2.75, 3.05) is 26.1 Å². The van der Waals surface area contributed by atoms with Gasteiger partial charge in [0.15, 0.2) is 16.6 Å². The maximum atomic E-state index is 12.6. The van der Waals surface area contributed by atoms with E-state index in [1.807, 2.05) is 18.2 Å². The molecule has 3 N–H and O–H groups in total. The SMILES string of the molecule is CCOC(=O)c1sc(NC(=O)C2CC(c3ccc(OC)c(OC)c3)NN2)nc1C. The number of amides is 1. The number of nitrogens with zero attached hydrogens (tertiary/aromatic N) is 1. The van der Waals surface area contributed by atoms with Crippen molar-refractivity contribution in [1.29, 1.82) is 0 Å². The van der Waals surface area contributed by atoms with Crippen LogP contribution in [-0.2, 0) is 9.53 Å². The molecule has 29 heavy (non-hydrogen) atoms. The zero-order valence-electron chi connectivity index (χ0n) is 16.7. The lowest BCUT2D eigenvalue weighted by Gasteiger charge is -2.13. The molecule has 1 fully saturated rings. The van der Waals surface area contributed by atoms with Crippen molar-refractivity contribution >= 4 is 28.3 Å². The van der Waals surface area contributed by atoms with Gasteiger partial charge in [-0.1, -0.05) is 17.4 Å². The minimum atomic E-state index is -0.455. The molecule has 1 aromatic carbocycles. The summed E-state index contributed by atoms with van der Waals surface area (Å²) in [6.45, 7) is 3.73. The number of hydrogen-bond donors (Lipinski definition) is 3. The van der Waals surface area contributed by atoms with Gasteiger partial charge in [0.1, 0.15) is 10.9 Å². The van der Waals surface area contributed by atoms with E-state index in [-0.39, 0.29) is 18.6 Å². The molecule has 9 nitrogen and oxygen atoms in total. The molecule has 0 radical (unpaired) electrons. The molecular weight excluding hydrogens is 396 g/mol. The minimum Gasteiger partial charge on any atom is -0.493 e. The van der Waals surface area contributed by atoms with Crippen molar-refractivity contribution in [3.63, 3.8) is 0 Å². The number of thiazole rings is 1. The Bertz CT molecular complexity index is 901. The van der Waals surface area contributed by atoms with Crippen molar-refractivity contribution in [2.45, 2.75) is 32.4 Å². The number of rotatable bonds is 7. The monoisotopic (exact) mass is 420 g/mol. The molecule has 1 aliphatic rings. The number of aryl methyl sites for hydroxylation is 1. The van der Waals surface area contributed by atoms with Crippen LogP contribution in [0.1, 0.15) is 40.3 Å². The van der Waals surface area contributed by atoms with Crippen LogP contribution in [0.2, 0.25) is 0 Å². The van der Waals surface area contributed by atoms with E-state index in [9.17, 15) is 9.59 Å². The molecule has 3 rings (SSSR count). The standard InChI is InChI=1S/C19H24N4O5S/c1-5-28-18(25)16-10(2)20-19(29-16)21-17(24)13-9-12(22-23-13)11-6-7-14(26-3)15(8-11)27-4/h6-8,12-13,22-23H,5,9H2,1-4H3,(H,20,21,24). The van der Waals surface area contributed by atoms with Gasteiger partial charge in [0.25, 0.3) is 0 Å². The molecule has 156 valence electrons. The van der Waals surface area contributed by atoms with Gasteiger partial charge in [-0.25, -0.2) is 20.6 Å². The van der Waals surface area contributed by atoms with Crippen LogP contribution in [0.3, 0.4) is 0 Å². The van der Waals surface area contributed by atoms with E-state index in [4.69, 9.17) is 14.2 Å². The maximum Gasteiger partial charge on any atom is 0.350 e. The third-order valence-electron chi connectivity index (χ3n) is 4.52. The Hall–Kier alpha value is -2.69. The van der Waals surface area contributed by atoms with Crippen LogP contribution in [-0.4, -0.2) is 43.7 Å². The first-order valence-electron chi connectivity index (χ1n) is 9.15. The van der Waals surface area contributed by atoms with Crippen molar-refractivity contribution in [3.05, 3.63) is 34.3 Å². The van der Waals surface area contributed by atoms with Crippen LogP contribution in [0.5, 0.6) is 11.5 Å². The van der Waals surface area contributed by atoms with Gasteiger partial charge in [0.2, 0.25) is 5.91 Å². The van der Waals surface area contributed by atoms with Gasteiger partial charge >= 0.3 is 5.97 Å². The predicted octanol–water partition coefficient (Wildman–Crippen LogP) is 2.19. The first-order valence-corrected chi connectivity index (χ1v) is 9.96. The van der Waals surface area contributed by atoms with Crippen molar-refractivity contribution in [3.8, 4) is 11.5 Å². The van der Waals surface area contributed by atoms with Gasteiger partial charge in [-0.15, -0.1) is 0 Å². The first kappa shape index (κ1) is 21.0. The summed E-state index contributed by atoms with van der Waals surface area (Å²) >= 11 is 1.10. The number of carbonyl (C=O) groups is 2. The van der Waals surface area contributed by atoms with Gasteiger partial charge in [0.05, 0.1) is 26.5 Å². The third kappa shape index (κ3) is 4.66. The zero-order chi connectivity index (χ0) is 21.0. The third-order valence-corrected chi connectivity index (χ3v) is 5.57. The summed E-state index contributed by atoms with van der Waals surface area (Å²) in [5.41, 5.74) is 7.64. The Kier molecular flexibility index (Phi) is 6.68. The van der Waals surface area contributed by atoms with E-state index in [0.29, 0.717) is 33.6 Å². The van der Waals surface area contributed by atoms with Crippen molar-refractivity contribution < 1.29 is 23.8 Å². The first-order chi connectivity index (χ1) is 14.0. The average Bonchev–Trinajstić information content (AvgIpc) is 3.34. The highest BCUT2D eigenvalue weighted by Crippen LogP contribution is 2.32. The lowest BCUT2D eigenvalue weighted by molar-refractivity contribution is -0.117. The van der Waals surface area contributed by atoms with E-state index < -0.39 is 12.0 Å². The van der Waals surface area contributed by atoms with Gasteiger partial charge in [-0.05, 0) is 38.0 Å². The van der Waals surface area contributed by atoms with Gasteiger partial charge in [0, 0.05) is 6.04 Å². The van der Waals surface area contributed by atoms with Gasteiger partial charge in [-0.2, -0.15) is 0 Å². The zero-order valence-corrected chi connectivity index (χ0v) is 17.5. The van der Waals surface area contributed by atoms with Crippen LogP contribution < -0.4 is 25.6 Å². The molecule has 2 atom stereocenters. The average molecular weight is 420 g/mol. The number of anilines is 1. The van der Waals surface area contributed by atoms with Gasteiger partial charge in [-0.3, -0.25) is 4.79 Å². The topological polar surface area (TPSA) is 111 Å². The highest BCUT2D eigenvalue weighted by atomic mass is 32.1. The van der Waals surface area contributed by atoms with Crippen LogP contribution >= 0.6 is 11.3 Å². The number of ether oxygens (including phenoxy) is 3. The second kappa shape index (κ2) is 9.21. The molecular formula is C19H24N4O5S. The number of nitrogens with one attached hydrogen (secondary N) is 3. The van der Waals surface area contributed by atoms with Crippen LogP contribution in [0, 0.1) is 6.92 Å². The van der Waals surface area contributed by atoms with Gasteiger partial charge < -0.3 is 19.5 Å². The number of esters is 1. The summed E-state index contributed by atoms with van der Waals surface area (Å²) in [6, 6.07) is 5.12. The molecule has 0 saturated carbocycles. The molecule has 0 aliphatic carbocycles. The van der Waals surface area contributed by atoms with Crippen molar-refractivity contribution in [2.24, 2.45) is 0 Å². The fourth-order valence-electron chi connectivity index (χ4n) is 3.04.